The highest BCUT2D eigenvalue weighted by Crippen LogP contribution is 2.58. The van der Waals surface area contributed by atoms with Crippen LogP contribution < -0.4 is 5.73 Å². The molecule has 1 fully saturated rings. The van der Waals surface area contributed by atoms with E-state index in [9.17, 15) is 0 Å². The maximum absolute atomic E-state index is 6.15. The molecule has 82 valence electrons. The number of rotatable bonds is 1. The number of hydrogen-bond donors (Lipinski definition) is 1. The Morgan fingerprint density at radius 1 is 1.19 bits per heavy atom. The average Bonchev–Trinajstić information content (AvgIpc) is 2.77. The molecule has 2 aromatic rings. The van der Waals surface area contributed by atoms with Crippen LogP contribution in [-0.2, 0) is 0 Å². The van der Waals surface area contributed by atoms with Crippen LogP contribution in [0.1, 0.15) is 25.3 Å². The summed E-state index contributed by atoms with van der Waals surface area (Å²) in [5, 5.41) is 1.25. The van der Waals surface area contributed by atoms with Gasteiger partial charge < -0.3 is 5.73 Å². The van der Waals surface area contributed by atoms with E-state index >= 15 is 0 Å². The summed E-state index contributed by atoms with van der Waals surface area (Å²) >= 11 is 0. The second-order valence-corrected chi connectivity index (χ2v) is 5.24. The third-order valence-corrected chi connectivity index (χ3v) is 3.93. The highest BCUT2D eigenvalue weighted by atomic mass is 14.8. The van der Waals surface area contributed by atoms with Gasteiger partial charge in [0.15, 0.2) is 0 Å². The van der Waals surface area contributed by atoms with Crippen LogP contribution in [0.2, 0.25) is 0 Å². The molecule has 0 bridgehead atoms. The van der Waals surface area contributed by atoms with Gasteiger partial charge in [0, 0.05) is 23.5 Å². The number of benzene rings is 1. The van der Waals surface area contributed by atoms with Gasteiger partial charge >= 0.3 is 0 Å². The summed E-state index contributed by atoms with van der Waals surface area (Å²) in [5.74, 6) is 0.473. The van der Waals surface area contributed by atoms with Crippen LogP contribution in [-0.4, -0.2) is 11.0 Å². The number of nitrogens with two attached hydrogens (primary N) is 1. The Balaban J connectivity index is 2.19. The molecular formula is C14H16N2. The second-order valence-electron chi connectivity index (χ2n) is 5.24. The minimum atomic E-state index is 0.226. The summed E-state index contributed by atoms with van der Waals surface area (Å²) in [5.41, 5.74) is 8.79. The van der Waals surface area contributed by atoms with Gasteiger partial charge in [-0.1, -0.05) is 32.0 Å². The van der Waals surface area contributed by atoms with Crippen LogP contribution in [0, 0.1) is 5.41 Å². The Kier molecular flexibility index (Phi) is 1.86. The van der Waals surface area contributed by atoms with Gasteiger partial charge in [0.1, 0.15) is 0 Å². The van der Waals surface area contributed by atoms with Crippen molar-refractivity contribution in [2.75, 3.05) is 0 Å². The van der Waals surface area contributed by atoms with Crippen LogP contribution in [0.25, 0.3) is 10.9 Å². The predicted molar refractivity (Wildman–Crippen MR) is 66.2 cm³/mol. The van der Waals surface area contributed by atoms with E-state index in [4.69, 9.17) is 5.73 Å². The van der Waals surface area contributed by atoms with Gasteiger partial charge in [-0.05, 0) is 23.1 Å². The predicted octanol–water partition coefficient (Wildman–Crippen LogP) is 2.69. The molecular weight excluding hydrogens is 196 g/mol. The standard InChI is InChI=1S/C14H16N2/c1-14(2)12(13(14)15)10-7-8-16-11-6-4-3-5-9(10)11/h3-8,12-13H,15H2,1-2H3/t12-,13-/m0/s1. The fraction of sp³-hybridized carbons (Fsp3) is 0.357. The van der Waals surface area contributed by atoms with E-state index < -0.39 is 0 Å². The van der Waals surface area contributed by atoms with Crippen molar-refractivity contribution in [2.45, 2.75) is 25.8 Å². The maximum Gasteiger partial charge on any atom is 0.0704 e. The summed E-state index contributed by atoms with van der Waals surface area (Å²) in [6.07, 6.45) is 1.89. The Labute approximate surface area is 95.5 Å². The fourth-order valence-corrected chi connectivity index (χ4v) is 2.66. The molecule has 1 aliphatic carbocycles. The van der Waals surface area contributed by atoms with Crippen molar-refractivity contribution < 1.29 is 0 Å². The number of fused-ring (bicyclic) bond motifs is 1. The monoisotopic (exact) mass is 212 g/mol. The van der Waals surface area contributed by atoms with Gasteiger partial charge in [-0.3, -0.25) is 4.98 Å². The summed E-state index contributed by atoms with van der Waals surface area (Å²) in [7, 11) is 0. The number of pyridine rings is 1. The van der Waals surface area contributed by atoms with E-state index in [1.54, 1.807) is 0 Å². The molecule has 2 atom stereocenters. The molecule has 1 aliphatic rings. The number of aromatic nitrogens is 1. The maximum atomic E-state index is 6.15. The van der Waals surface area contributed by atoms with Crippen molar-refractivity contribution in [1.82, 2.24) is 4.98 Å². The van der Waals surface area contributed by atoms with E-state index in [1.165, 1.54) is 10.9 Å². The molecule has 0 saturated heterocycles. The Morgan fingerprint density at radius 2 is 1.88 bits per heavy atom. The van der Waals surface area contributed by atoms with Gasteiger partial charge in [-0.2, -0.15) is 0 Å². The molecule has 3 rings (SSSR count). The van der Waals surface area contributed by atoms with Crippen LogP contribution in [0.5, 0.6) is 0 Å². The fourth-order valence-electron chi connectivity index (χ4n) is 2.66. The lowest BCUT2D eigenvalue weighted by Crippen LogP contribution is -2.06. The SMILES string of the molecule is CC1(C)[C@@H](N)[C@@H]1c1ccnc2ccccc12. The van der Waals surface area contributed by atoms with E-state index in [-0.39, 0.29) is 11.5 Å². The number of hydrogen-bond acceptors (Lipinski definition) is 2. The lowest BCUT2D eigenvalue weighted by atomic mass is 10.00. The Bertz CT molecular complexity index is 540. The molecule has 2 N–H and O–H groups in total. The molecule has 0 spiro atoms. The quantitative estimate of drug-likeness (QED) is 0.789. The molecule has 0 radical (unpaired) electrons. The van der Waals surface area contributed by atoms with Gasteiger partial charge in [0.05, 0.1) is 5.52 Å². The Hall–Kier alpha value is -1.41. The Morgan fingerprint density at radius 3 is 2.56 bits per heavy atom. The molecule has 2 heteroatoms. The van der Waals surface area contributed by atoms with Gasteiger partial charge in [0.2, 0.25) is 0 Å². The highest BCUT2D eigenvalue weighted by Gasteiger charge is 2.56. The van der Waals surface area contributed by atoms with Crippen molar-refractivity contribution in [3.05, 3.63) is 42.1 Å². The van der Waals surface area contributed by atoms with Crippen LogP contribution in [0.3, 0.4) is 0 Å². The van der Waals surface area contributed by atoms with Crippen molar-refractivity contribution in [2.24, 2.45) is 11.1 Å². The largest absolute Gasteiger partial charge is 0.327 e. The zero-order chi connectivity index (χ0) is 11.3. The molecule has 1 saturated carbocycles. The summed E-state index contributed by atoms with van der Waals surface area (Å²) < 4.78 is 0. The number of nitrogens with zero attached hydrogens (tertiary/aromatic N) is 1. The van der Waals surface area contributed by atoms with E-state index in [0.29, 0.717) is 5.92 Å². The molecule has 0 unspecified atom stereocenters. The minimum Gasteiger partial charge on any atom is -0.327 e. The van der Waals surface area contributed by atoms with Crippen LogP contribution in [0.15, 0.2) is 36.5 Å². The van der Waals surface area contributed by atoms with Crippen molar-refractivity contribution in [3.63, 3.8) is 0 Å². The molecule has 0 amide bonds. The molecule has 1 heterocycles. The summed E-state index contributed by atoms with van der Waals surface area (Å²) in [4.78, 5) is 4.38. The zero-order valence-corrected chi connectivity index (χ0v) is 9.64. The molecule has 16 heavy (non-hydrogen) atoms. The van der Waals surface area contributed by atoms with Crippen molar-refractivity contribution in [3.8, 4) is 0 Å². The lowest BCUT2D eigenvalue weighted by Gasteiger charge is -2.06. The third-order valence-electron chi connectivity index (χ3n) is 3.93. The first kappa shape index (κ1) is 9.79. The van der Waals surface area contributed by atoms with Crippen LogP contribution in [0.4, 0.5) is 0 Å². The smallest absolute Gasteiger partial charge is 0.0704 e. The summed E-state index contributed by atoms with van der Waals surface area (Å²) in [6, 6.07) is 10.7. The second kappa shape index (κ2) is 3.05. The normalized spacial score (nSPS) is 26.9. The molecule has 1 aromatic carbocycles. The molecule has 0 aliphatic heterocycles. The first-order valence-corrected chi connectivity index (χ1v) is 5.71. The molecule has 2 nitrogen and oxygen atoms in total. The highest BCUT2D eigenvalue weighted by molar-refractivity contribution is 5.83. The van der Waals surface area contributed by atoms with Gasteiger partial charge in [-0.25, -0.2) is 0 Å². The van der Waals surface area contributed by atoms with Crippen LogP contribution >= 0.6 is 0 Å². The summed E-state index contributed by atoms with van der Waals surface area (Å²) in [6.45, 7) is 4.47. The zero-order valence-electron chi connectivity index (χ0n) is 9.64. The van der Waals surface area contributed by atoms with Crippen molar-refractivity contribution >= 4 is 10.9 Å². The first-order valence-electron chi connectivity index (χ1n) is 5.71. The number of para-hydroxylation sites is 1. The average molecular weight is 212 g/mol. The third kappa shape index (κ3) is 1.20. The van der Waals surface area contributed by atoms with Gasteiger partial charge in [0.25, 0.3) is 0 Å². The van der Waals surface area contributed by atoms with E-state index in [2.05, 4.69) is 43.1 Å². The van der Waals surface area contributed by atoms with Gasteiger partial charge in [-0.15, -0.1) is 0 Å². The van der Waals surface area contributed by atoms with E-state index in [1.807, 2.05) is 12.3 Å². The first-order chi connectivity index (χ1) is 7.62. The topological polar surface area (TPSA) is 38.9 Å². The van der Waals surface area contributed by atoms with Crippen molar-refractivity contribution in [1.29, 1.82) is 0 Å². The van der Waals surface area contributed by atoms with E-state index in [0.717, 1.165) is 5.52 Å². The lowest BCUT2D eigenvalue weighted by molar-refractivity contribution is 0.600. The minimum absolute atomic E-state index is 0.226. The molecule has 1 aromatic heterocycles.